The molecule has 2 rings (SSSR count). The van der Waals surface area contributed by atoms with Crippen LogP contribution in [-0.4, -0.2) is 20.7 Å². The van der Waals surface area contributed by atoms with Gasteiger partial charge in [0.1, 0.15) is 10.6 Å². The van der Waals surface area contributed by atoms with Crippen LogP contribution in [0.3, 0.4) is 0 Å². The highest BCUT2D eigenvalue weighted by Gasteiger charge is 2.20. The van der Waals surface area contributed by atoms with E-state index < -0.39 is 10.0 Å². The average molecular weight is 297 g/mol. The normalized spacial score (nSPS) is 11.5. The van der Waals surface area contributed by atoms with Crippen molar-refractivity contribution >= 4 is 10.0 Å². The van der Waals surface area contributed by atoms with Crippen molar-refractivity contribution in [2.24, 2.45) is 5.73 Å². The molecule has 0 aliphatic heterocycles. The van der Waals surface area contributed by atoms with Gasteiger partial charge < -0.3 is 15.0 Å². The molecule has 0 aliphatic rings. The van der Waals surface area contributed by atoms with Crippen LogP contribution in [-0.2, 0) is 23.1 Å². The minimum Gasteiger partial charge on any atom is -0.495 e. The van der Waals surface area contributed by atoms with Crippen LogP contribution in [0.5, 0.6) is 5.75 Å². The summed E-state index contributed by atoms with van der Waals surface area (Å²) in [7, 11) is -2.32. The van der Waals surface area contributed by atoms with Crippen LogP contribution in [0, 0.1) is 0 Å². The number of nitrogens with zero attached hydrogens (tertiary/aromatic N) is 1. The Morgan fingerprint density at radius 3 is 2.80 bits per heavy atom. The maximum absolute atomic E-state index is 12.3. The zero-order valence-electron chi connectivity index (χ0n) is 10.9. The zero-order chi connectivity index (χ0) is 14.6. The molecule has 0 aliphatic carbocycles. The Labute approximate surface area is 116 Å². The summed E-state index contributed by atoms with van der Waals surface area (Å²) in [4.78, 5) is 0.0439. The number of hydrogen-bond acceptors (Lipinski definition) is 6. The summed E-state index contributed by atoms with van der Waals surface area (Å²) in [5.74, 6) is 0.676. The molecule has 0 saturated carbocycles. The monoisotopic (exact) mass is 297 g/mol. The number of rotatable bonds is 6. The minimum atomic E-state index is -3.73. The third kappa shape index (κ3) is 3.16. The van der Waals surface area contributed by atoms with Gasteiger partial charge in [-0.1, -0.05) is 11.2 Å². The number of sulfonamides is 1. The summed E-state index contributed by atoms with van der Waals surface area (Å²) in [5, 5.41) is 3.51. The molecule has 1 heterocycles. The molecule has 0 fully saturated rings. The lowest BCUT2D eigenvalue weighted by molar-refractivity contribution is 0.379. The summed E-state index contributed by atoms with van der Waals surface area (Å²) < 4.78 is 36.9. The van der Waals surface area contributed by atoms with Crippen molar-refractivity contribution in [2.45, 2.75) is 18.0 Å². The number of aromatic nitrogens is 1. The maximum atomic E-state index is 12.3. The van der Waals surface area contributed by atoms with E-state index in [4.69, 9.17) is 15.0 Å². The number of nitrogens with one attached hydrogen (secondary N) is 1. The Morgan fingerprint density at radius 1 is 1.40 bits per heavy atom. The highest BCUT2D eigenvalue weighted by atomic mass is 32.2. The van der Waals surface area contributed by atoms with Crippen molar-refractivity contribution in [2.75, 3.05) is 7.11 Å². The van der Waals surface area contributed by atoms with E-state index in [1.807, 2.05) is 0 Å². The third-order valence-electron chi connectivity index (χ3n) is 2.68. The lowest BCUT2D eigenvalue weighted by Crippen LogP contribution is -2.23. The predicted molar refractivity (Wildman–Crippen MR) is 71.4 cm³/mol. The number of methoxy groups -OCH3 is 1. The molecular weight excluding hydrogens is 282 g/mol. The molecule has 0 saturated heterocycles. The molecule has 0 unspecified atom stereocenters. The first-order valence-corrected chi connectivity index (χ1v) is 7.31. The van der Waals surface area contributed by atoms with E-state index in [0.717, 1.165) is 0 Å². The summed E-state index contributed by atoms with van der Waals surface area (Å²) in [6, 6.07) is 6.36. The number of ether oxygens (including phenoxy) is 1. The number of nitrogens with two attached hydrogens (primary N) is 1. The predicted octanol–water partition coefficient (Wildman–Crippen LogP) is 0.620. The smallest absolute Gasteiger partial charge is 0.244 e. The first-order chi connectivity index (χ1) is 9.56. The summed E-state index contributed by atoms with van der Waals surface area (Å²) >= 11 is 0. The molecule has 0 spiro atoms. The van der Waals surface area contributed by atoms with Gasteiger partial charge >= 0.3 is 0 Å². The SMILES string of the molecule is COc1ccc(CN)cc1S(=O)(=O)NCc1ccno1. The minimum absolute atomic E-state index is 0.0122. The molecule has 20 heavy (non-hydrogen) atoms. The van der Waals surface area contributed by atoms with Crippen molar-refractivity contribution in [1.29, 1.82) is 0 Å². The third-order valence-corrected chi connectivity index (χ3v) is 4.10. The van der Waals surface area contributed by atoms with Crippen LogP contribution in [0.15, 0.2) is 39.9 Å². The van der Waals surface area contributed by atoms with E-state index in [1.165, 1.54) is 19.4 Å². The van der Waals surface area contributed by atoms with E-state index in [-0.39, 0.29) is 23.7 Å². The van der Waals surface area contributed by atoms with Crippen LogP contribution in [0.4, 0.5) is 0 Å². The summed E-state index contributed by atoms with van der Waals surface area (Å²) in [6.45, 7) is 0.257. The Hall–Kier alpha value is -1.90. The quantitative estimate of drug-likeness (QED) is 0.809. The van der Waals surface area contributed by atoms with Gasteiger partial charge in [-0.3, -0.25) is 0 Å². The molecule has 0 bridgehead atoms. The molecule has 1 aromatic carbocycles. The zero-order valence-corrected chi connectivity index (χ0v) is 11.7. The Bertz CT molecular complexity index is 668. The molecule has 3 N–H and O–H groups in total. The Kier molecular flexibility index (Phi) is 4.38. The lowest BCUT2D eigenvalue weighted by atomic mass is 10.2. The molecule has 7 nitrogen and oxygen atoms in total. The first kappa shape index (κ1) is 14.5. The Balaban J connectivity index is 2.28. The highest BCUT2D eigenvalue weighted by Crippen LogP contribution is 2.24. The van der Waals surface area contributed by atoms with Crippen molar-refractivity contribution in [3.63, 3.8) is 0 Å². The molecule has 8 heteroatoms. The first-order valence-electron chi connectivity index (χ1n) is 5.83. The average Bonchev–Trinajstić information content (AvgIpc) is 2.98. The van der Waals surface area contributed by atoms with Crippen molar-refractivity contribution in [3.8, 4) is 5.75 Å². The van der Waals surface area contributed by atoms with Gasteiger partial charge in [0.25, 0.3) is 0 Å². The second kappa shape index (κ2) is 6.04. The molecule has 0 radical (unpaired) electrons. The van der Waals surface area contributed by atoms with Crippen LogP contribution in [0.25, 0.3) is 0 Å². The second-order valence-electron chi connectivity index (χ2n) is 3.99. The van der Waals surface area contributed by atoms with E-state index in [0.29, 0.717) is 11.3 Å². The van der Waals surface area contributed by atoms with Gasteiger partial charge in [-0.25, -0.2) is 13.1 Å². The van der Waals surface area contributed by atoms with E-state index in [2.05, 4.69) is 9.88 Å². The van der Waals surface area contributed by atoms with Gasteiger partial charge in [0.2, 0.25) is 10.0 Å². The molecule has 108 valence electrons. The van der Waals surface area contributed by atoms with Crippen LogP contribution in [0.1, 0.15) is 11.3 Å². The van der Waals surface area contributed by atoms with Gasteiger partial charge in [-0.05, 0) is 17.7 Å². The second-order valence-corrected chi connectivity index (χ2v) is 5.73. The molecule has 0 atom stereocenters. The molecular formula is C12H15N3O4S. The van der Waals surface area contributed by atoms with Crippen molar-refractivity contribution in [1.82, 2.24) is 9.88 Å². The number of benzene rings is 1. The molecule has 2 aromatic rings. The molecule has 1 aromatic heterocycles. The number of hydrogen-bond donors (Lipinski definition) is 2. The van der Waals surface area contributed by atoms with Gasteiger partial charge in [-0.2, -0.15) is 0 Å². The fourth-order valence-electron chi connectivity index (χ4n) is 1.64. The van der Waals surface area contributed by atoms with Gasteiger partial charge in [-0.15, -0.1) is 0 Å². The topological polar surface area (TPSA) is 107 Å². The van der Waals surface area contributed by atoms with E-state index in [9.17, 15) is 8.42 Å². The van der Waals surface area contributed by atoms with Gasteiger partial charge in [0.15, 0.2) is 5.76 Å². The van der Waals surface area contributed by atoms with Crippen LogP contribution >= 0.6 is 0 Å². The summed E-state index contributed by atoms with van der Waals surface area (Å²) in [5.41, 5.74) is 6.23. The van der Waals surface area contributed by atoms with E-state index in [1.54, 1.807) is 18.2 Å². The van der Waals surface area contributed by atoms with Crippen molar-refractivity contribution in [3.05, 3.63) is 41.8 Å². The maximum Gasteiger partial charge on any atom is 0.244 e. The highest BCUT2D eigenvalue weighted by molar-refractivity contribution is 7.89. The lowest BCUT2D eigenvalue weighted by Gasteiger charge is -2.11. The largest absolute Gasteiger partial charge is 0.495 e. The Morgan fingerprint density at radius 2 is 2.20 bits per heavy atom. The van der Waals surface area contributed by atoms with Crippen molar-refractivity contribution < 1.29 is 17.7 Å². The summed E-state index contributed by atoms with van der Waals surface area (Å²) in [6.07, 6.45) is 1.44. The van der Waals surface area contributed by atoms with Crippen LogP contribution < -0.4 is 15.2 Å². The van der Waals surface area contributed by atoms with Gasteiger partial charge in [0, 0.05) is 12.6 Å². The molecule has 0 amide bonds. The van der Waals surface area contributed by atoms with Crippen LogP contribution in [0.2, 0.25) is 0 Å². The fraction of sp³-hybridized carbons (Fsp3) is 0.250. The van der Waals surface area contributed by atoms with Gasteiger partial charge in [0.05, 0.1) is 19.9 Å². The standard InChI is InChI=1S/C12H15N3O4S/c1-18-11-3-2-9(7-13)6-12(11)20(16,17)15-8-10-4-5-14-19-10/h2-6,15H,7-8,13H2,1H3. The van der Waals surface area contributed by atoms with E-state index >= 15 is 0 Å². The fourth-order valence-corrected chi connectivity index (χ4v) is 2.85.